The molecular weight excluding hydrogens is 326 g/mol. The number of hydrogen-bond donors (Lipinski definition) is 3. The zero-order valence-electron chi connectivity index (χ0n) is 12.2. The molecule has 0 bridgehead atoms. The first-order valence-electron chi connectivity index (χ1n) is 6.33. The summed E-state index contributed by atoms with van der Waals surface area (Å²) in [7, 11) is 0. The minimum absolute atomic E-state index is 0.254. The number of amides is 1. The molecule has 0 radical (unpaired) electrons. The van der Waals surface area contributed by atoms with E-state index in [-0.39, 0.29) is 11.3 Å². The minimum atomic E-state index is -0.943. The molecule has 0 aromatic carbocycles. The number of thiophene rings is 1. The molecular formula is C13H15N3O4S2. The molecule has 22 heavy (non-hydrogen) atoms. The maximum atomic E-state index is 12.1. The van der Waals surface area contributed by atoms with E-state index in [1.165, 1.54) is 0 Å². The second-order valence-corrected chi connectivity index (χ2v) is 7.41. The number of hydrogen-bond acceptors (Lipinski definition) is 6. The third kappa shape index (κ3) is 3.00. The standard InChI is InChI=1S/C13H15N3O4S2/c1-5-6-9(18)15-12(21-4-13(2,3)11(19)20)16-10(6)22-7(5)8(14)17/h4H2,1-3H3,(H2,14,17)(H,19,20)(H,15,16,18). The first kappa shape index (κ1) is 16.5. The molecule has 4 N–H and O–H groups in total. The van der Waals surface area contributed by atoms with Crippen LogP contribution in [0.15, 0.2) is 9.95 Å². The van der Waals surface area contributed by atoms with E-state index < -0.39 is 17.3 Å². The fourth-order valence-corrected chi connectivity index (χ4v) is 3.77. The van der Waals surface area contributed by atoms with Crippen LogP contribution in [0.25, 0.3) is 10.2 Å². The van der Waals surface area contributed by atoms with Crippen molar-refractivity contribution >= 4 is 45.2 Å². The SMILES string of the molecule is Cc1c(C(N)=O)sc2nc(SCC(C)(C)C(=O)O)[nH]c(=O)c12. The van der Waals surface area contributed by atoms with E-state index in [9.17, 15) is 14.4 Å². The van der Waals surface area contributed by atoms with Gasteiger partial charge in [-0.25, -0.2) is 4.98 Å². The van der Waals surface area contributed by atoms with Crippen molar-refractivity contribution in [2.45, 2.75) is 25.9 Å². The summed E-state index contributed by atoms with van der Waals surface area (Å²) in [6.07, 6.45) is 0. The van der Waals surface area contributed by atoms with Gasteiger partial charge in [-0.05, 0) is 26.3 Å². The van der Waals surface area contributed by atoms with E-state index in [1.807, 2.05) is 0 Å². The molecule has 0 aliphatic rings. The molecule has 2 heterocycles. The highest BCUT2D eigenvalue weighted by molar-refractivity contribution is 7.99. The quantitative estimate of drug-likeness (QED) is 0.560. The molecule has 0 fully saturated rings. The number of primary amides is 1. The van der Waals surface area contributed by atoms with E-state index in [2.05, 4.69) is 9.97 Å². The lowest BCUT2D eigenvalue weighted by atomic mass is 9.97. The Balaban J connectivity index is 2.40. The van der Waals surface area contributed by atoms with Crippen LogP contribution in [0.4, 0.5) is 0 Å². The van der Waals surface area contributed by atoms with Gasteiger partial charge in [-0.3, -0.25) is 14.4 Å². The van der Waals surface area contributed by atoms with Gasteiger partial charge in [0.2, 0.25) is 0 Å². The van der Waals surface area contributed by atoms with Crippen LogP contribution < -0.4 is 11.3 Å². The number of nitrogens with zero attached hydrogens (tertiary/aromatic N) is 1. The summed E-state index contributed by atoms with van der Waals surface area (Å²) in [5.74, 6) is -1.27. The maximum absolute atomic E-state index is 12.1. The van der Waals surface area contributed by atoms with Crippen molar-refractivity contribution in [3.63, 3.8) is 0 Å². The zero-order valence-corrected chi connectivity index (χ0v) is 13.9. The number of carboxylic acid groups (broad SMARTS) is 1. The Kier molecular flexibility index (Phi) is 4.30. The number of aliphatic carboxylic acids is 1. The topological polar surface area (TPSA) is 126 Å². The normalized spacial score (nSPS) is 11.8. The molecule has 0 saturated heterocycles. The van der Waals surface area contributed by atoms with E-state index in [0.717, 1.165) is 23.1 Å². The Morgan fingerprint density at radius 1 is 1.45 bits per heavy atom. The van der Waals surface area contributed by atoms with Gasteiger partial charge in [0.1, 0.15) is 4.83 Å². The van der Waals surface area contributed by atoms with Gasteiger partial charge in [-0.1, -0.05) is 11.8 Å². The molecule has 1 amide bonds. The fraction of sp³-hybridized carbons (Fsp3) is 0.385. The number of aromatic nitrogens is 2. The molecule has 0 unspecified atom stereocenters. The highest BCUT2D eigenvalue weighted by Crippen LogP contribution is 2.30. The molecule has 2 aromatic rings. The van der Waals surface area contributed by atoms with Crippen molar-refractivity contribution in [3.05, 3.63) is 20.8 Å². The molecule has 2 aromatic heterocycles. The second-order valence-electron chi connectivity index (χ2n) is 5.45. The van der Waals surface area contributed by atoms with E-state index in [4.69, 9.17) is 10.8 Å². The highest BCUT2D eigenvalue weighted by Gasteiger charge is 2.28. The lowest BCUT2D eigenvalue weighted by Gasteiger charge is -2.17. The van der Waals surface area contributed by atoms with Gasteiger partial charge >= 0.3 is 5.97 Å². The van der Waals surface area contributed by atoms with Crippen LogP contribution >= 0.6 is 23.1 Å². The molecule has 0 saturated carbocycles. The van der Waals surface area contributed by atoms with Crippen LogP contribution in [-0.2, 0) is 4.79 Å². The van der Waals surface area contributed by atoms with Gasteiger partial charge in [-0.2, -0.15) is 0 Å². The van der Waals surface area contributed by atoms with Crippen molar-refractivity contribution in [1.82, 2.24) is 9.97 Å². The van der Waals surface area contributed by atoms with Gasteiger partial charge in [0.15, 0.2) is 5.16 Å². The first-order chi connectivity index (χ1) is 10.1. The predicted molar refractivity (Wildman–Crippen MR) is 85.6 cm³/mol. The summed E-state index contributed by atoms with van der Waals surface area (Å²) in [4.78, 5) is 42.2. The number of fused-ring (bicyclic) bond motifs is 1. The monoisotopic (exact) mass is 341 g/mol. The van der Waals surface area contributed by atoms with Gasteiger partial charge in [0.25, 0.3) is 11.5 Å². The number of nitrogens with one attached hydrogen (secondary N) is 1. The Morgan fingerprint density at radius 3 is 2.64 bits per heavy atom. The summed E-state index contributed by atoms with van der Waals surface area (Å²) < 4.78 is 0. The molecule has 0 aliphatic carbocycles. The van der Waals surface area contributed by atoms with Crippen LogP contribution in [0, 0.1) is 12.3 Å². The largest absolute Gasteiger partial charge is 0.481 e. The highest BCUT2D eigenvalue weighted by atomic mass is 32.2. The number of H-pyrrole nitrogens is 1. The lowest BCUT2D eigenvalue weighted by Crippen LogP contribution is -2.26. The van der Waals surface area contributed by atoms with Gasteiger partial charge in [-0.15, -0.1) is 11.3 Å². The summed E-state index contributed by atoms with van der Waals surface area (Å²) >= 11 is 2.22. The van der Waals surface area contributed by atoms with Crippen molar-refractivity contribution in [3.8, 4) is 0 Å². The summed E-state index contributed by atoms with van der Waals surface area (Å²) in [6, 6.07) is 0. The third-order valence-corrected chi connectivity index (χ3v) is 5.68. The van der Waals surface area contributed by atoms with E-state index >= 15 is 0 Å². The average Bonchev–Trinajstić information content (AvgIpc) is 2.74. The van der Waals surface area contributed by atoms with Crippen LogP contribution in [0.3, 0.4) is 0 Å². The zero-order chi connectivity index (χ0) is 16.7. The summed E-state index contributed by atoms with van der Waals surface area (Å²) in [5.41, 5.74) is 4.49. The fourth-order valence-electron chi connectivity index (χ4n) is 1.74. The van der Waals surface area contributed by atoms with Gasteiger partial charge in [0, 0.05) is 5.75 Å². The number of nitrogens with two attached hydrogens (primary N) is 1. The molecule has 118 valence electrons. The van der Waals surface area contributed by atoms with Crippen LogP contribution in [0.5, 0.6) is 0 Å². The third-order valence-electron chi connectivity index (χ3n) is 3.15. The van der Waals surface area contributed by atoms with Crippen molar-refractivity contribution in [2.75, 3.05) is 5.75 Å². The number of thioether (sulfide) groups is 1. The van der Waals surface area contributed by atoms with Crippen LogP contribution in [0.2, 0.25) is 0 Å². The second kappa shape index (κ2) is 5.73. The summed E-state index contributed by atoms with van der Waals surface area (Å²) in [5, 5.41) is 9.76. The van der Waals surface area contributed by atoms with Gasteiger partial charge in [0.05, 0.1) is 15.7 Å². The predicted octanol–water partition coefficient (Wildman–Crippen LogP) is 1.59. The molecule has 9 heteroatoms. The summed E-state index contributed by atoms with van der Waals surface area (Å²) in [6.45, 7) is 4.84. The molecule has 0 atom stereocenters. The lowest BCUT2D eigenvalue weighted by molar-refractivity contribution is -0.145. The van der Waals surface area contributed by atoms with Crippen LogP contribution in [0.1, 0.15) is 29.1 Å². The van der Waals surface area contributed by atoms with E-state index in [0.29, 0.717) is 25.8 Å². The van der Waals surface area contributed by atoms with Crippen molar-refractivity contribution < 1.29 is 14.7 Å². The number of carboxylic acids is 1. The van der Waals surface area contributed by atoms with E-state index in [1.54, 1.807) is 20.8 Å². The Hall–Kier alpha value is -1.87. The maximum Gasteiger partial charge on any atom is 0.309 e. The number of aromatic amines is 1. The van der Waals surface area contributed by atoms with Crippen molar-refractivity contribution in [1.29, 1.82) is 0 Å². The van der Waals surface area contributed by atoms with Gasteiger partial charge < -0.3 is 15.8 Å². The number of rotatable bonds is 5. The Morgan fingerprint density at radius 2 is 2.09 bits per heavy atom. The first-order valence-corrected chi connectivity index (χ1v) is 8.13. The smallest absolute Gasteiger partial charge is 0.309 e. The minimum Gasteiger partial charge on any atom is -0.481 e. The number of carbonyl (C=O) groups excluding carboxylic acids is 1. The molecule has 0 spiro atoms. The van der Waals surface area contributed by atoms with Crippen molar-refractivity contribution in [2.24, 2.45) is 11.1 Å². The molecule has 0 aliphatic heterocycles. The number of aryl methyl sites for hydroxylation is 1. The number of carbonyl (C=O) groups is 2. The van der Waals surface area contributed by atoms with Crippen LogP contribution in [-0.4, -0.2) is 32.7 Å². The molecule has 2 rings (SSSR count). The average molecular weight is 341 g/mol. The Labute approximate surface area is 133 Å². The molecule has 7 nitrogen and oxygen atoms in total. The Bertz CT molecular complexity index is 823.